The number of aromatic amines is 1. The first-order valence-corrected chi connectivity index (χ1v) is 12.9. The van der Waals surface area contributed by atoms with Crippen LogP contribution in [-0.2, 0) is 14.1 Å². The Kier molecular flexibility index (Phi) is 5.94. The van der Waals surface area contributed by atoms with Gasteiger partial charge in [-0.15, -0.1) is 0 Å². The van der Waals surface area contributed by atoms with E-state index in [0.29, 0.717) is 16.9 Å². The first kappa shape index (κ1) is 24.5. The average Bonchev–Trinajstić information content (AvgIpc) is 3.16. The highest BCUT2D eigenvalue weighted by Gasteiger charge is 2.20. The Morgan fingerprint density at radius 1 is 0.872 bits per heavy atom. The zero-order chi connectivity index (χ0) is 27.3. The maximum Gasteiger partial charge on any atom is 0.335 e. The van der Waals surface area contributed by atoms with E-state index in [1.54, 1.807) is 35.4 Å². The zero-order valence-corrected chi connectivity index (χ0v) is 21.7. The Hall–Kier alpha value is -4.86. The van der Waals surface area contributed by atoms with Crippen LogP contribution in [0.2, 0.25) is 0 Å². The van der Waals surface area contributed by atoms with Crippen molar-refractivity contribution in [1.82, 2.24) is 18.7 Å². The third-order valence-corrected chi connectivity index (χ3v) is 7.53. The van der Waals surface area contributed by atoms with Gasteiger partial charge in [-0.1, -0.05) is 36.4 Å². The fourth-order valence-electron chi connectivity index (χ4n) is 5.43. The van der Waals surface area contributed by atoms with Crippen LogP contribution in [0.15, 0.2) is 74.0 Å². The van der Waals surface area contributed by atoms with Gasteiger partial charge in [-0.05, 0) is 42.8 Å². The van der Waals surface area contributed by atoms with Crippen molar-refractivity contribution in [2.24, 2.45) is 19.1 Å². The number of H-pyrrole nitrogens is 1. The van der Waals surface area contributed by atoms with Crippen molar-refractivity contribution < 1.29 is 5.11 Å². The molecular weight excluding hydrogens is 496 g/mol. The van der Waals surface area contributed by atoms with E-state index in [0.717, 1.165) is 58.9 Å². The van der Waals surface area contributed by atoms with Gasteiger partial charge in [0.15, 0.2) is 0 Å². The highest BCUT2D eigenvalue weighted by atomic mass is 16.3. The lowest BCUT2D eigenvalue weighted by Crippen LogP contribution is -2.31. The van der Waals surface area contributed by atoms with E-state index < -0.39 is 17.1 Å². The molecule has 10 heteroatoms. The van der Waals surface area contributed by atoms with E-state index in [-0.39, 0.29) is 11.3 Å². The van der Waals surface area contributed by atoms with E-state index in [1.807, 2.05) is 42.5 Å². The minimum Gasteiger partial charge on any atom is -0.493 e. The SMILES string of the molecule is Cn1c(=O)n(C)c2cc(N3CCCCC3)c(N=Cc3c(O)n(-c4cccc5ccccc45)c(=O)[nH]c3=O)cc21. The van der Waals surface area contributed by atoms with Crippen LogP contribution in [0, 0.1) is 0 Å². The molecule has 0 unspecified atom stereocenters. The average molecular weight is 525 g/mol. The van der Waals surface area contributed by atoms with Crippen molar-refractivity contribution in [1.29, 1.82) is 0 Å². The molecule has 2 aromatic heterocycles. The largest absolute Gasteiger partial charge is 0.493 e. The van der Waals surface area contributed by atoms with Gasteiger partial charge in [0.1, 0.15) is 5.56 Å². The third-order valence-electron chi connectivity index (χ3n) is 7.53. The van der Waals surface area contributed by atoms with Crippen molar-refractivity contribution in [3.05, 3.63) is 91.5 Å². The second kappa shape index (κ2) is 9.46. The first-order valence-electron chi connectivity index (χ1n) is 12.9. The van der Waals surface area contributed by atoms with Crippen molar-refractivity contribution in [2.75, 3.05) is 18.0 Å². The van der Waals surface area contributed by atoms with Gasteiger partial charge in [-0.2, -0.15) is 0 Å². The number of aromatic hydroxyl groups is 1. The van der Waals surface area contributed by atoms with Crippen molar-refractivity contribution in [3.63, 3.8) is 0 Å². The normalized spacial score (nSPS) is 14.2. The van der Waals surface area contributed by atoms with Gasteiger partial charge in [0.2, 0.25) is 5.88 Å². The maximum atomic E-state index is 12.9. The molecule has 1 aliphatic rings. The number of aryl methyl sites for hydroxylation is 2. The molecule has 3 aromatic carbocycles. The summed E-state index contributed by atoms with van der Waals surface area (Å²) in [5.41, 5.74) is 1.55. The number of nitrogens with one attached hydrogen (secondary N) is 1. The predicted octanol–water partition coefficient (Wildman–Crippen LogP) is 3.32. The van der Waals surface area contributed by atoms with Crippen LogP contribution in [0.1, 0.15) is 24.8 Å². The van der Waals surface area contributed by atoms with Crippen LogP contribution < -0.4 is 21.8 Å². The third kappa shape index (κ3) is 4.04. The predicted molar refractivity (Wildman–Crippen MR) is 153 cm³/mol. The monoisotopic (exact) mass is 524 g/mol. The van der Waals surface area contributed by atoms with Gasteiger partial charge < -0.3 is 10.0 Å². The maximum absolute atomic E-state index is 12.9. The van der Waals surface area contributed by atoms with Crippen LogP contribution in [0.4, 0.5) is 11.4 Å². The number of rotatable bonds is 4. The summed E-state index contributed by atoms with van der Waals surface area (Å²) in [6.45, 7) is 1.71. The molecule has 1 fully saturated rings. The molecule has 5 aromatic rings. The van der Waals surface area contributed by atoms with Crippen molar-refractivity contribution in [2.45, 2.75) is 19.3 Å². The fraction of sp³-hybridized carbons (Fsp3) is 0.241. The number of hydrogen-bond acceptors (Lipinski definition) is 6. The highest BCUT2D eigenvalue weighted by molar-refractivity contribution is 5.93. The summed E-state index contributed by atoms with van der Waals surface area (Å²) in [4.78, 5) is 47.5. The number of aromatic nitrogens is 4. The smallest absolute Gasteiger partial charge is 0.335 e. The molecule has 1 saturated heterocycles. The molecule has 0 amide bonds. The molecule has 10 nitrogen and oxygen atoms in total. The summed E-state index contributed by atoms with van der Waals surface area (Å²) in [7, 11) is 3.44. The molecule has 0 saturated carbocycles. The van der Waals surface area contributed by atoms with Crippen LogP contribution in [0.25, 0.3) is 27.5 Å². The Bertz CT molecular complexity index is 1950. The topological polar surface area (TPSA) is 118 Å². The highest BCUT2D eigenvalue weighted by Crippen LogP contribution is 2.35. The number of hydrogen-bond donors (Lipinski definition) is 2. The molecular formula is C29H28N6O4. The molecule has 1 aliphatic heterocycles. The molecule has 0 bridgehead atoms. The molecule has 0 atom stereocenters. The van der Waals surface area contributed by atoms with E-state index in [9.17, 15) is 19.5 Å². The first-order chi connectivity index (χ1) is 18.8. The summed E-state index contributed by atoms with van der Waals surface area (Å²) in [5.74, 6) is -0.503. The molecule has 39 heavy (non-hydrogen) atoms. The fourth-order valence-corrected chi connectivity index (χ4v) is 5.43. The van der Waals surface area contributed by atoms with Crippen LogP contribution in [0.3, 0.4) is 0 Å². The van der Waals surface area contributed by atoms with Crippen LogP contribution in [0.5, 0.6) is 5.88 Å². The van der Waals surface area contributed by atoms with Gasteiger partial charge in [0, 0.05) is 38.8 Å². The summed E-state index contributed by atoms with van der Waals surface area (Å²) < 4.78 is 4.24. The molecule has 6 rings (SSSR count). The van der Waals surface area contributed by atoms with Crippen molar-refractivity contribution in [3.8, 4) is 11.6 Å². The van der Waals surface area contributed by atoms with Crippen LogP contribution in [-0.4, -0.2) is 43.1 Å². The Balaban J connectivity index is 1.53. The number of nitrogens with zero attached hydrogens (tertiary/aromatic N) is 5. The molecule has 0 aliphatic carbocycles. The van der Waals surface area contributed by atoms with Gasteiger partial charge in [-0.3, -0.25) is 23.9 Å². The molecule has 0 radical (unpaired) electrons. The van der Waals surface area contributed by atoms with Gasteiger partial charge >= 0.3 is 11.4 Å². The number of anilines is 1. The van der Waals surface area contributed by atoms with E-state index in [1.165, 1.54) is 6.21 Å². The minimum atomic E-state index is -0.749. The van der Waals surface area contributed by atoms with E-state index >= 15 is 0 Å². The van der Waals surface area contributed by atoms with E-state index in [2.05, 4.69) is 14.9 Å². The van der Waals surface area contributed by atoms with Gasteiger partial charge in [-0.25, -0.2) is 14.2 Å². The van der Waals surface area contributed by atoms with Gasteiger partial charge in [0.05, 0.1) is 28.1 Å². The summed E-state index contributed by atoms with van der Waals surface area (Å²) in [6, 6.07) is 16.7. The Morgan fingerprint density at radius 2 is 1.56 bits per heavy atom. The number of imidazole rings is 1. The zero-order valence-electron chi connectivity index (χ0n) is 21.7. The molecule has 198 valence electrons. The standard InChI is InChI=1S/C29H28N6O4/c1-32-24-15-21(23(34-13-6-3-7-14-34)16-25(24)33(2)29(32)39)30-17-20-26(36)31-28(38)35(27(20)37)22-12-8-10-18-9-4-5-11-19(18)22/h4-5,8-12,15-17,37H,3,6-7,13-14H2,1-2H3,(H,31,36,38). The number of benzene rings is 3. The summed E-state index contributed by atoms with van der Waals surface area (Å²) in [5, 5.41) is 12.8. The quantitative estimate of drug-likeness (QED) is 0.350. The molecule has 2 N–H and O–H groups in total. The summed E-state index contributed by atoms with van der Waals surface area (Å²) >= 11 is 0. The van der Waals surface area contributed by atoms with Crippen LogP contribution >= 0.6 is 0 Å². The molecule has 0 spiro atoms. The van der Waals surface area contributed by atoms with Crippen molar-refractivity contribution >= 4 is 39.4 Å². The number of piperidine rings is 1. The van der Waals surface area contributed by atoms with Gasteiger partial charge in [0.25, 0.3) is 5.56 Å². The second-order valence-corrected chi connectivity index (χ2v) is 9.87. The molecule has 3 heterocycles. The minimum absolute atomic E-state index is 0.144. The number of aliphatic imine (C=N–C) groups is 1. The summed E-state index contributed by atoms with van der Waals surface area (Å²) in [6.07, 6.45) is 4.53. The van der Waals surface area contributed by atoms with E-state index in [4.69, 9.17) is 0 Å². The lowest BCUT2D eigenvalue weighted by molar-refractivity contribution is 0.430. The lowest BCUT2D eigenvalue weighted by atomic mass is 10.1. The number of fused-ring (bicyclic) bond motifs is 2. The second-order valence-electron chi connectivity index (χ2n) is 9.87. The lowest BCUT2D eigenvalue weighted by Gasteiger charge is -2.30. The Labute approximate surface area is 222 Å². The Morgan fingerprint density at radius 3 is 2.33 bits per heavy atom.